The maximum absolute atomic E-state index is 13.2. The van der Waals surface area contributed by atoms with Crippen molar-refractivity contribution < 1.29 is 31.9 Å². The van der Waals surface area contributed by atoms with Gasteiger partial charge in [0.25, 0.3) is 0 Å². The van der Waals surface area contributed by atoms with Crippen molar-refractivity contribution in [1.29, 1.82) is 0 Å². The Kier molecular flexibility index (Phi) is 3.11. The average molecular weight is 255 g/mol. The minimum atomic E-state index is -5.46. The van der Waals surface area contributed by atoms with E-state index in [0.29, 0.717) is 12.1 Å². The van der Waals surface area contributed by atoms with Crippen LogP contribution in [0.3, 0.4) is 0 Å². The molecular formula is C9H6F5NO2. The molecule has 1 atom stereocenters. The molecule has 0 saturated carbocycles. The van der Waals surface area contributed by atoms with Crippen LogP contribution in [-0.4, -0.2) is 17.3 Å². The van der Waals surface area contributed by atoms with Crippen molar-refractivity contribution in [2.45, 2.75) is 11.7 Å². The summed E-state index contributed by atoms with van der Waals surface area (Å²) in [6.07, 6.45) is -5.46. The molecule has 1 aromatic rings. The summed E-state index contributed by atoms with van der Waals surface area (Å²) in [6, 6.07) is 1.77. The van der Waals surface area contributed by atoms with E-state index in [-0.39, 0.29) is 0 Å². The van der Waals surface area contributed by atoms with E-state index in [1.54, 1.807) is 0 Å². The summed E-state index contributed by atoms with van der Waals surface area (Å²) in [7, 11) is 0. The molecule has 1 unspecified atom stereocenters. The molecule has 0 aliphatic rings. The van der Waals surface area contributed by atoms with Crippen molar-refractivity contribution in [3.8, 4) is 0 Å². The number of benzene rings is 1. The Balaban J connectivity index is 3.55. The standard InChI is InChI=1S/C9H6F5NO2/c10-5-3-1-2-4(6(5)11)8(15,7(16)17)9(12,13)14/h1-3H,15H2,(H,16,17). The summed E-state index contributed by atoms with van der Waals surface area (Å²) in [6.45, 7) is 0. The molecule has 1 rings (SSSR count). The minimum Gasteiger partial charge on any atom is -0.479 e. The predicted molar refractivity (Wildman–Crippen MR) is 45.9 cm³/mol. The molecule has 0 aliphatic heterocycles. The van der Waals surface area contributed by atoms with Crippen LogP contribution in [0.25, 0.3) is 0 Å². The summed E-state index contributed by atoms with van der Waals surface area (Å²) in [5, 5.41) is 8.50. The number of rotatable bonds is 2. The Morgan fingerprint density at radius 3 is 2.18 bits per heavy atom. The van der Waals surface area contributed by atoms with Gasteiger partial charge in [0.1, 0.15) is 0 Å². The van der Waals surface area contributed by atoms with Gasteiger partial charge >= 0.3 is 12.1 Å². The van der Waals surface area contributed by atoms with E-state index in [0.717, 1.165) is 6.07 Å². The molecule has 8 heteroatoms. The van der Waals surface area contributed by atoms with Gasteiger partial charge in [0.2, 0.25) is 5.54 Å². The van der Waals surface area contributed by atoms with Gasteiger partial charge in [-0.15, -0.1) is 0 Å². The summed E-state index contributed by atoms with van der Waals surface area (Å²) in [5.41, 5.74) is -0.784. The Hall–Kier alpha value is -1.70. The number of hydrogen-bond acceptors (Lipinski definition) is 2. The van der Waals surface area contributed by atoms with E-state index in [9.17, 15) is 26.7 Å². The number of carboxylic acids is 1. The minimum absolute atomic E-state index is 0.472. The second-order valence-corrected chi connectivity index (χ2v) is 3.21. The van der Waals surface area contributed by atoms with Gasteiger partial charge in [-0.2, -0.15) is 13.2 Å². The molecule has 3 nitrogen and oxygen atoms in total. The molecule has 0 bridgehead atoms. The molecular weight excluding hydrogens is 249 g/mol. The first-order valence-corrected chi connectivity index (χ1v) is 4.16. The number of hydrogen-bond donors (Lipinski definition) is 2. The van der Waals surface area contributed by atoms with Crippen LogP contribution in [0.4, 0.5) is 22.0 Å². The van der Waals surface area contributed by atoms with Crippen LogP contribution in [0, 0.1) is 11.6 Å². The quantitative estimate of drug-likeness (QED) is 0.791. The van der Waals surface area contributed by atoms with Crippen LogP contribution in [-0.2, 0) is 10.3 Å². The van der Waals surface area contributed by atoms with Gasteiger partial charge in [0.15, 0.2) is 11.6 Å². The molecule has 0 aromatic heterocycles. The van der Waals surface area contributed by atoms with Gasteiger partial charge in [-0.1, -0.05) is 12.1 Å². The Labute approximate surface area is 91.6 Å². The first-order valence-electron chi connectivity index (χ1n) is 4.16. The van der Waals surface area contributed by atoms with Crippen molar-refractivity contribution in [2.75, 3.05) is 0 Å². The molecule has 17 heavy (non-hydrogen) atoms. The number of nitrogens with two attached hydrogens (primary N) is 1. The lowest BCUT2D eigenvalue weighted by Crippen LogP contribution is -2.57. The molecule has 94 valence electrons. The molecule has 0 radical (unpaired) electrons. The number of aliphatic carboxylic acids is 1. The van der Waals surface area contributed by atoms with Gasteiger partial charge in [-0.25, -0.2) is 13.6 Å². The van der Waals surface area contributed by atoms with Crippen molar-refractivity contribution >= 4 is 5.97 Å². The van der Waals surface area contributed by atoms with Crippen LogP contribution in [0.2, 0.25) is 0 Å². The van der Waals surface area contributed by atoms with E-state index in [4.69, 9.17) is 5.11 Å². The van der Waals surface area contributed by atoms with Crippen molar-refractivity contribution in [3.63, 3.8) is 0 Å². The zero-order chi connectivity index (χ0) is 13.4. The zero-order valence-electron chi connectivity index (χ0n) is 8.05. The topological polar surface area (TPSA) is 63.3 Å². The lowest BCUT2D eigenvalue weighted by Gasteiger charge is -2.28. The Morgan fingerprint density at radius 1 is 1.24 bits per heavy atom. The van der Waals surface area contributed by atoms with Crippen LogP contribution < -0.4 is 5.73 Å². The summed E-state index contributed by atoms with van der Waals surface area (Å²) in [5.74, 6) is -6.06. The molecule has 0 heterocycles. The number of carboxylic acid groups (broad SMARTS) is 1. The SMILES string of the molecule is NC(C(=O)O)(c1cccc(F)c1F)C(F)(F)F. The fraction of sp³-hybridized carbons (Fsp3) is 0.222. The Bertz CT molecular complexity index is 459. The molecule has 0 saturated heterocycles. The molecule has 3 N–H and O–H groups in total. The number of halogens is 5. The van der Waals surface area contributed by atoms with Crippen LogP contribution >= 0.6 is 0 Å². The number of alkyl halides is 3. The van der Waals surface area contributed by atoms with E-state index in [1.165, 1.54) is 0 Å². The predicted octanol–water partition coefficient (Wildman–Crippen LogP) is 1.77. The second kappa shape index (κ2) is 3.95. The molecule has 1 aromatic carbocycles. The average Bonchev–Trinajstić information content (AvgIpc) is 2.19. The third kappa shape index (κ3) is 1.95. The molecule has 0 aliphatic carbocycles. The van der Waals surface area contributed by atoms with Crippen LogP contribution in [0.5, 0.6) is 0 Å². The van der Waals surface area contributed by atoms with Crippen LogP contribution in [0.15, 0.2) is 18.2 Å². The van der Waals surface area contributed by atoms with E-state index in [2.05, 4.69) is 5.73 Å². The summed E-state index contributed by atoms with van der Waals surface area (Å²) >= 11 is 0. The highest BCUT2D eigenvalue weighted by Gasteiger charge is 2.60. The fourth-order valence-electron chi connectivity index (χ4n) is 1.20. The zero-order valence-corrected chi connectivity index (χ0v) is 8.05. The van der Waals surface area contributed by atoms with E-state index < -0.39 is 34.9 Å². The second-order valence-electron chi connectivity index (χ2n) is 3.21. The molecule has 0 fully saturated rings. The number of carbonyl (C=O) groups is 1. The van der Waals surface area contributed by atoms with Gasteiger partial charge in [-0.3, -0.25) is 0 Å². The van der Waals surface area contributed by atoms with Gasteiger partial charge in [0, 0.05) is 5.56 Å². The fourth-order valence-corrected chi connectivity index (χ4v) is 1.20. The smallest absolute Gasteiger partial charge is 0.421 e. The Morgan fingerprint density at radius 2 is 1.76 bits per heavy atom. The molecule has 0 amide bonds. The maximum Gasteiger partial charge on any atom is 0.421 e. The monoisotopic (exact) mass is 255 g/mol. The third-order valence-electron chi connectivity index (χ3n) is 2.16. The van der Waals surface area contributed by atoms with Gasteiger partial charge in [-0.05, 0) is 6.07 Å². The first kappa shape index (κ1) is 13.4. The van der Waals surface area contributed by atoms with Crippen molar-refractivity contribution in [2.24, 2.45) is 5.73 Å². The normalized spacial score (nSPS) is 15.4. The van der Waals surface area contributed by atoms with Crippen LogP contribution in [0.1, 0.15) is 5.56 Å². The van der Waals surface area contributed by atoms with Gasteiger partial charge < -0.3 is 10.8 Å². The molecule has 0 spiro atoms. The highest BCUT2D eigenvalue weighted by atomic mass is 19.4. The van der Waals surface area contributed by atoms with Crippen molar-refractivity contribution in [3.05, 3.63) is 35.4 Å². The van der Waals surface area contributed by atoms with Gasteiger partial charge in [0.05, 0.1) is 0 Å². The summed E-state index contributed by atoms with van der Waals surface area (Å²) < 4.78 is 63.6. The largest absolute Gasteiger partial charge is 0.479 e. The summed E-state index contributed by atoms with van der Waals surface area (Å²) in [4.78, 5) is 10.6. The lowest BCUT2D eigenvalue weighted by atomic mass is 9.89. The van der Waals surface area contributed by atoms with Crippen molar-refractivity contribution in [1.82, 2.24) is 0 Å². The third-order valence-corrected chi connectivity index (χ3v) is 2.16. The maximum atomic E-state index is 13.2. The highest BCUT2D eigenvalue weighted by molar-refractivity contribution is 5.81. The highest BCUT2D eigenvalue weighted by Crippen LogP contribution is 2.38. The lowest BCUT2D eigenvalue weighted by molar-refractivity contribution is -0.205. The first-order chi connectivity index (χ1) is 7.62. The van der Waals surface area contributed by atoms with E-state index >= 15 is 0 Å². The van der Waals surface area contributed by atoms with E-state index in [1.807, 2.05) is 0 Å².